The number of morpholine rings is 1. The van der Waals surface area contributed by atoms with Crippen LogP contribution in [0.5, 0.6) is 0 Å². The number of rotatable bonds is 5. The summed E-state index contributed by atoms with van der Waals surface area (Å²) in [6.45, 7) is 3.31. The van der Waals surface area contributed by atoms with Crippen LogP contribution in [0, 0.1) is 0 Å². The van der Waals surface area contributed by atoms with Crippen molar-refractivity contribution in [3.63, 3.8) is 0 Å². The fourth-order valence-electron chi connectivity index (χ4n) is 4.93. The molecule has 4 aromatic rings. The first kappa shape index (κ1) is 23.0. The lowest BCUT2D eigenvalue weighted by Gasteiger charge is -2.31. The molecule has 5 heterocycles. The number of pyridine rings is 2. The molecule has 0 spiro atoms. The monoisotopic (exact) mass is 516 g/mol. The predicted molar refractivity (Wildman–Crippen MR) is 146 cm³/mol. The van der Waals surface area contributed by atoms with Crippen LogP contribution in [0.1, 0.15) is 23.5 Å². The van der Waals surface area contributed by atoms with Crippen LogP contribution in [0.4, 0.5) is 11.4 Å². The number of hydrogen-bond acceptors (Lipinski definition) is 5. The number of anilines is 2. The van der Waals surface area contributed by atoms with Gasteiger partial charge in [0.15, 0.2) is 5.11 Å². The summed E-state index contributed by atoms with van der Waals surface area (Å²) in [6, 6.07) is 22.2. The van der Waals surface area contributed by atoms with Gasteiger partial charge in [-0.1, -0.05) is 17.7 Å². The van der Waals surface area contributed by atoms with Crippen molar-refractivity contribution in [3.05, 3.63) is 102 Å². The predicted octanol–water partition coefficient (Wildman–Crippen LogP) is 4.93. The molecule has 2 aliphatic rings. The summed E-state index contributed by atoms with van der Waals surface area (Å²) in [5.74, 6) is 0.791. The zero-order valence-corrected chi connectivity index (χ0v) is 21.1. The Hall–Kier alpha value is -3.46. The maximum Gasteiger partial charge on any atom is 0.174 e. The highest BCUT2D eigenvalue weighted by molar-refractivity contribution is 7.80. The SMILES string of the molecule is S=C1N[C@@H](c2ccccn2)[C@@H](c2cccn2-c2ccc(Cl)cn2)N1c1ccc(N2CCOCC2)cc1. The Morgan fingerprint density at radius 1 is 0.917 bits per heavy atom. The lowest BCUT2D eigenvalue weighted by molar-refractivity contribution is 0.122. The van der Waals surface area contributed by atoms with Crippen LogP contribution in [0.3, 0.4) is 0 Å². The highest BCUT2D eigenvalue weighted by Crippen LogP contribution is 2.42. The summed E-state index contributed by atoms with van der Waals surface area (Å²) in [5.41, 5.74) is 4.18. The van der Waals surface area contributed by atoms with Crippen molar-refractivity contribution >= 4 is 40.3 Å². The van der Waals surface area contributed by atoms with E-state index in [1.54, 1.807) is 6.20 Å². The van der Waals surface area contributed by atoms with Gasteiger partial charge in [0, 0.05) is 48.7 Å². The third-order valence-electron chi connectivity index (χ3n) is 6.64. The van der Waals surface area contributed by atoms with Crippen LogP contribution in [-0.4, -0.2) is 46.0 Å². The molecule has 2 fully saturated rings. The van der Waals surface area contributed by atoms with Gasteiger partial charge < -0.3 is 24.4 Å². The van der Waals surface area contributed by atoms with Crippen LogP contribution in [0.15, 0.2) is 85.3 Å². The smallest absolute Gasteiger partial charge is 0.174 e. The van der Waals surface area contributed by atoms with Crippen LogP contribution in [0.25, 0.3) is 5.82 Å². The summed E-state index contributed by atoms with van der Waals surface area (Å²) in [6.07, 6.45) is 5.50. The number of ether oxygens (including phenoxy) is 1. The fourth-order valence-corrected chi connectivity index (χ4v) is 5.39. The van der Waals surface area contributed by atoms with E-state index < -0.39 is 0 Å². The molecule has 1 aromatic carbocycles. The molecular weight excluding hydrogens is 492 g/mol. The number of thiocarbonyl (C=S) groups is 1. The van der Waals surface area contributed by atoms with Crippen molar-refractivity contribution < 1.29 is 4.74 Å². The summed E-state index contributed by atoms with van der Waals surface area (Å²) in [5, 5.41) is 4.80. The van der Waals surface area contributed by atoms with Crippen molar-refractivity contribution in [3.8, 4) is 5.82 Å². The molecule has 36 heavy (non-hydrogen) atoms. The highest BCUT2D eigenvalue weighted by Gasteiger charge is 2.42. The second kappa shape index (κ2) is 9.89. The number of nitrogens with zero attached hydrogens (tertiary/aromatic N) is 5. The minimum atomic E-state index is -0.144. The molecule has 0 amide bonds. The molecule has 7 nitrogen and oxygen atoms in total. The molecule has 1 N–H and O–H groups in total. The third-order valence-corrected chi connectivity index (χ3v) is 7.18. The summed E-state index contributed by atoms with van der Waals surface area (Å²) in [4.78, 5) is 13.7. The van der Waals surface area contributed by atoms with Crippen LogP contribution < -0.4 is 15.1 Å². The molecular formula is C27H25ClN6OS. The zero-order chi connectivity index (χ0) is 24.5. The summed E-state index contributed by atoms with van der Waals surface area (Å²) < 4.78 is 7.59. The molecule has 0 saturated carbocycles. The Morgan fingerprint density at radius 2 is 1.72 bits per heavy atom. The standard InChI is InChI=1S/C27H25ClN6OS/c28-19-6-11-24(30-18-19)33-13-3-5-23(33)26-25(22-4-1-2-12-29-22)31-27(36)34(26)21-9-7-20(8-10-21)32-14-16-35-17-15-32/h1-13,18,25-26H,14-17H2,(H,31,36)/t25-,26+/m0/s1. The van der Waals surface area contributed by atoms with E-state index in [1.165, 1.54) is 5.69 Å². The van der Waals surface area contributed by atoms with Crippen molar-refractivity contribution in [1.29, 1.82) is 0 Å². The van der Waals surface area contributed by atoms with E-state index in [4.69, 9.17) is 28.6 Å². The van der Waals surface area contributed by atoms with Gasteiger partial charge >= 0.3 is 0 Å². The Labute approximate surface area is 220 Å². The molecule has 0 unspecified atom stereocenters. The largest absolute Gasteiger partial charge is 0.378 e. The molecule has 3 aromatic heterocycles. The van der Waals surface area contributed by atoms with Gasteiger partial charge in [0.05, 0.1) is 30.0 Å². The second-order valence-corrected chi connectivity index (χ2v) is 9.57. The average molecular weight is 517 g/mol. The molecule has 9 heteroatoms. The van der Waals surface area contributed by atoms with Crippen LogP contribution in [0.2, 0.25) is 5.02 Å². The quantitative estimate of drug-likeness (QED) is 0.377. The fraction of sp³-hybridized carbons (Fsp3) is 0.222. The zero-order valence-electron chi connectivity index (χ0n) is 19.5. The number of nitrogens with one attached hydrogen (secondary N) is 1. The lowest BCUT2D eigenvalue weighted by atomic mass is 10.0. The lowest BCUT2D eigenvalue weighted by Crippen LogP contribution is -2.36. The third kappa shape index (κ3) is 4.32. The summed E-state index contributed by atoms with van der Waals surface area (Å²) >= 11 is 12.0. The van der Waals surface area contributed by atoms with Gasteiger partial charge in [-0.05, 0) is 72.9 Å². The van der Waals surface area contributed by atoms with Crippen molar-refractivity contribution in [2.24, 2.45) is 0 Å². The minimum Gasteiger partial charge on any atom is -0.378 e. The maximum atomic E-state index is 6.11. The first-order valence-corrected chi connectivity index (χ1v) is 12.7. The van der Waals surface area contributed by atoms with Gasteiger partial charge in [0.2, 0.25) is 0 Å². The molecule has 2 aliphatic heterocycles. The van der Waals surface area contributed by atoms with Gasteiger partial charge in [-0.3, -0.25) is 4.98 Å². The maximum absolute atomic E-state index is 6.11. The van der Waals surface area contributed by atoms with E-state index >= 15 is 0 Å². The molecule has 2 saturated heterocycles. The molecule has 6 rings (SSSR count). The van der Waals surface area contributed by atoms with Crippen molar-refractivity contribution in [2.45, 2.75) is 12.1 Å². The van der Waals surface area contributed by atoms with E-state index in [0.29, 0.717) is 10.1 Å². The van der Waals surface area contributed by atoms with E-state index in [2.05, 4.69) is 60.0 Å². The van der Waals surface area contributed by atoms with E-state index in [9.17, 15) is 0 Å². The van der Waals surface area contributed by atoms with Gasteiger partial charge in [-0.25, -0.2) is 4.98 Å². The number of benzene rings is 1. The Balaban J connectivity index is 1.41. The minimum absolute atomic E-state index is 0.140. The van der Waals surface area contributed by atoms with E-state index in [1.807, 2.05) is 48.8 Å². The Morgan fingerprint density at radius 3 is 2.44 bits per heavy atom. The topological polar surface area (TPSA) is 58.5 Å². The van der Waals surface area contributed by atoms with Crippen molar-refractivity contribution in [2.75, 3.05) is 36.1 Å². The van der Waals surface area contributed by atoms with Crippen LogP contribution in [-0.2, 0) is 4.74 Å². The Bertz CT molecular complexity index is 1340. The number of hydrogen-bond donors (Lipinski definition) is 1. The molecule has 0 aliphatic carbocycles. The number of halogens is 1. The van der Waals surface area contributed by atoms with E-state index in [-0.39, 0.29) is 12.1 Å². The second-order valence-electron chi connectivity index (χ2n) is 8.75. The Kier molecular flexibility index (Phi) is 6.31. The first-order valence-electron chi connectivity index (χ1n) is 11.9. The van der Waals surface area contributed by atoms with Gasteiger partial charge in [-0.15, -0.1) is 0 Å². The average Bonchev–Trinajstić information content (AvgIpc) is 3.54. The normalized spacial score (nSPS) is 20.0. The van der Waals surface area contributed by atoms with Gasteiger partial charge in [0.1, 0.15) is 11.9 Å². The molecule has 0 radical (unpaired) electrons. The number of aromatic nitrogens is 3. The van der Waals surface area contributed by atoms with E-state index in [0.717, 1.165) is 49.2 Å². The molecule has 0 bridgehead atoms. The highest BCUT2D eigenvalue weighted by atomic mass is 35.5. The molecule has 2 atom stereocenters. The first-order chi connectivity index (χ1) is 17.7. The van der Waals surface area contributed by atoms with Crippen molar-refractivity contribution in [1.82, 2.24) is 19.9 Å². The van der Waals surface area contributed by atoms with Gasteiger partial charge in [0.25, 0.3) is 0 Å². The van der Waals surface area contributed by atoms with Crippen LogP contribution >= 0.6 is 23.8 Å². The molecule has 182 valence electrons. The summed E-state index contributed by atoms with van der Waals surface area (Å²) in [7, 11) is 0. The van der Waals surface area contributed by atoms with Gasteiger partial charge in [-0.2, -0.15) is 0 Å².